The summed E-state index contributed by atoms with van der Waals surface area (Å²) < 4.78 is 10.7. The Kier molecular flexibility index (Phi) is 15.6. The van der Waals surface area contributed by atoms with Crippen LogP contribution in [0, 0.1) is 0 Å². The van der Waals surface area contributed by atoms with E-state index in [-0.39, 0.29) is 5.91 Å². The minimum atomic E-state index is -0.717. The average Bonchev–Trinajstić information content (AvgIpc) is 2.82. The van der Waals surface area contributed by atoms with E-state index in [1.165, 1.54) is 19.3 Å². The molecule has 0 bridgehead atoms. The maximum atomic E-state index is 13.8. The van der Waals surface area contributed by atoms with Gasteiger partial charge in [-0.05, 0) is 72.8 Å². The summed E-state index contributed by atoms with van der Waals surface area (Å²) in [5.74, 6) is -0.113. The molecule has 0 aliphatic carbocycles. The summed E-state index contributed by atoms with van der Waals surface area (Å²) in [6.45, 7) is 14.6. The fourth-order valence-electron chi connectivity index (χ4n) is 4.06. The predicted octanol–water partition coefficient (Wildman–Crippen LogP) is 6.96. The molecule has 0 radical (unpaired) electrons. The van der Waals surface area contributed by atoms with Crippen LogP contribution >= 0.6 is 0 Å². The average molecular weight is 548 g/mol. The summed E-state index contributed by atoms with van der Waals surface area (Å²) in [5, 5.41) is 5.57. The molecule has 3 amide bonds. The van der Waals surface area contributed by atoms with Crippen LogP contribution in [-0.2, 0) is 20.8 Å². The monoisotopic (exact) mass is 547 g/mol. The van der Waals surface area contributed by atoms with Crippen LogP contribution in [0.1, 0.15) is 112 Å². The van der Waals surface area contributed by atoms with Crippen molar-refractivity contribution in [3.05, 3.63) is 35.9 Å². The van der Waals surface area contributed by atoms with Gasteiger partial charge in [0.1, 0.15) is 17.2 Å². The van der Waals surface area contributed by atoms with Crippen molar-refractivity contribution in [2.75, 3.05) is 13.1 Å². The first-order chi connectivity index (χ1) is 18.3. The van der Waals surface area contributed by atoms with Gasteiger partial charge in [0.15, 0.2) is 0 Å². The zero-order chi connectivity index (χ0) is 29.3. The zero-order valence-corrected chi connectivity index (χ0v) is 25.4. The minimum Gasteiger partial charge on any atom is -0.444 e. The number of carbonyl (C=O) groups excluding carboxylic acids is 3. The van der Waals surface area contributed by atoms with Crippen LogP contribution in [0.4, 0.5) is 9.59 Å². The quantitative estimate of drug-likeness (QED) is 0.218. The van der Waals surface area contributed by atoms with Crippen molar-refractivity contribution in [1.29, 1.82) is 0 Å². The van der Waals surface area contributed by atoms with Crippen LogP contribution in [0.3, 0.4) is 0 Å². The van der Waals surface area contributed by atoms with E-state index in [2.05, 4.69) is 17.6 Å². The number of amides is 3. The van der Waals surface area contributed by atoms with Gasteiger partial charge in [0.25, 0.3) is 0 Å². The smallest absolute Gasteiger partial charge is 0.408 e. The van der Waals surface area contributed by atoms with Crippen molar-refractivity contribution >= 4 is 18.1 Å². The number of benzene rings is 1. The highest BCUT2D eigenvalue weighted by Crippen LogP contribution is 2.15. The number of hydrogen-bond acceptors (Lipinski definition) is 5. The molecule has 1 aromatic rings. The Morgan fingerprint density at radius 3 is 2.00 bits per heavy atom. The largest absolute Gasteiger partial charge is 0.444 e. The van der Waals surface area contributed by atoms with Crippen LogP contribution in [0.15, 0.2) is 30.3 Å². The molecule has 1 unspecified atom stereocenters. The molecule has 0 heterocycles. The Morgan fingerprint density at radius 1 is 0.795 bits per heavy atom. The first-order valence-corrected chi connectivity index (χ1v) is 14.6. The molecule has 8 nitrogen and oxygen atoms in total. The van der Waals surface area contributed by atoms with Gasteiger partial charge in [0, 0.05) is 19.6 Å². The highest BCUT2D eigenvalue weighted by atomic mass is 16.6. The van der Waals surface area contributed by atoms with Crippen molar-refractivity contribution in [1.82, 2.24) is 15.5 Å². The third kappa shape index (κ3) is 17.4. The molecular formula is C31H53N3O5. The molecule has 39 heavy (non-hydrogen) atoms. The standard InChI is InChI=1S/C31H53N3O5/c1-8-9-10-11-12-18-23-34(24-25-19-14-13-15-20-25)27(35)26(33-29(37)39-31(5,6)7)21-16-17-22-32-28(36)38-30(2,3)4/h13-15,19-20,26H,8-12,16-18,21-24H2,1-7H3,(H,32,36)(H,33,37). The van der Waals surface area contributed by atoms with Gasteiger partial charge in [-0.2, -0.15) is 0 Å². The van der Waals surface area contributed by atoms with E-state index in [0.29, 0.717) is 38.9 Å². The van der Waals surface area contributed by atoms with Crippen molar-refractivity contribution in [2.45, 2.75) is 130 Å². The number of rotatable bonds is 16. The number of ether oxygens (including phenoxy) is 2. The Hall–Kier alpha value is -2.77. The molecule has 2 N–H and O–H groups in total. The van der Waals surface area contributed by atoms with E-state index >= 15 is 0 Å². The summed E-state index contributed by atoms with van der Waals surface area (Å²) in [6, 6.07) is 9.21. The molecule has 0 aromatic heterocycles. The van der Waals surface area contributed by atoms with Crippen LogP contribution < -0.4 is 10.6 Å². The van der Waals surface area contributed by atoms with Crippen molar-refractivity contribution in [2.24, 2.45) is 0 Å². The molecule has 0 aliphatic rings. The lowest BCUT2D eigenvalue weighted by atomic mass is 10.1. The van der Waals surface area contributed by atoms with E-state index in [1.54, 1.807) is 20.8 Å². The molecule has 1 aromatic carbocycles. The first-order valence-electron chi connectivity index (χ1n) is 14.6. The number of nitrogens with zero attached hydrogens (tertiary/aromatic N) is 1. The second-order valence-electron chi connectivity index (χ2n) is 12.1. The summed E-state index contributed by atoms with van der Waals surface area (Å²) in [7, 11) is 0. The van der Waals surface area contributed by atoms with Crippen LogP contribution in [0.5, 0.6) is 0 Å². The number of alkyl carbamates (subject to hydrolysis) is 2. The normalized spacial score (nSPS) is 12.4. The lowest BCUT2D eigenvalue weighted by molar-refractivity contribution is -0.134. The second-order valence-corrected chi connectivity index (χ2v) is 12.1. The van der Waals surface area contributed by atoms with Crippen molar-refractivity contribution < 1.29 is 23.9 Å². The maximum Gasteiger partial charge on any atom is 0.408 e. The fraction of sp³-hybridized carbons (Fsp3) is 0.710. The Labute approximate surface area is 236 Å². The molecule has 8 heteroatoms. The van der Waals surface area contributed by atoms with E-state index < -0.39 is 29.4 Å². The fourth-order valence-corrected chi connectivity index (χ4v) is 4.06. The van der Waals surface area contributed by atoms with Crippen LogP contribution in [-0.4, -0.2) is 53.3 Å². The van der Waals surface area contributed by atoms with Crippen LogP contribution in [0.2, 0.25) is 0 Å². The first kappa shape index (κ1) is 34.3. The summed E-state index contributed by atoms with van der Waals surface area (Å²) >= 11 is 0. The molecule has 0 spiro atoms. The Morgan fingerprint density at radius 2 is 1.38 bits per heavy atom. The SMILES string of the molecule is CCCCCCCCN(Cc1ccccc1)C(=O)C(CCCCNC(=O)OC(C)(C)C)NC(=O)OC(C)(C)C. The van der Waals surface area contributed by atoms with Gasteiger partial charge in [-0.15, -0.1) is 0 Å². The maximum absolute atomic E-state index is 13.8. The van der Waals surface area contributed by atoms with Crippen molar-refractivity contribution in [3.8, 4) is 0 Å². The number of carbonyl (C=O) groups is 3. The number of unbranched alkanes of at least 4 members (excludes halogenated alkanes) is 6. The third-order valence-corrected chi connectivity index (χ3v) is 5.89. The van der Waals surface area contributed by atoms with E-state index in [9.17, 15) is 14.4 Å². The summed E-state index contributed by atoms with van der Waals surface area (Å²) in [5.41, 5.74) is -0.177. The molecule has 0 fully saturated rings. The topological polar surface area (TPSA) is 97.0 Å². The zero-order valence-electron chi connectivity index (χ0n) is 25.4. The van der Waals surface area contributed by atoms with Crippen LogP contribution in [0.25, 0.3) is 0 Å². The molecule has 0 aliphatic heterocycles. The van der Waals surface area contributed by atoms with E-state index in [0.717, 1.165) is 24.8 Å². The summed E-state index contributed by atoms with van der Waals surface area (Å²) in [6.07, 6.45) is 7.45. The van der Waals surface area contributed by atoms with Gasteiger partial charge in [0.2, 0.25) is 5.91 Å². The molecule has 222 valence electrons. The van der Waals surface area contributed by atoms with Gasteiger partial charge in [-0.1, -0.05) is 69.4 Å². The van der Waals surface area contributed by atoms with E-state index in [1.807, 2.05) is 56.0 Å². The lowest BCUT2D eigenvalue weighted by Crippen LogP contribution is -2.49. The van der Waals surface area contributed by atoms with E-state index in [4.69, 9.17) is 9.47 Å². The lowest BCUT2D eigenvalue weighted by Gasteiger charge is -2.29. The van der Waals surface area contributed by atoms with Gasteiger partial charge < -0.3 is 25.0 Å². The van der Waals surface area contributed by atoms with Gasteiger partial charge in [-0.25, -0.2) is 9.59 Å². The third-order valence-electron chi connectivity index (χ3n) is 5.89. The number of nitrogens with one attached hydrogen (secondary N) is 2. The van der Waals surface area contributed by atoms with Crippen molar-refractivity contribution in [3.63, 3.8) is 0 Å². The molecule has 1 atom stereocenters. The minimum absolute atomic E-state index is 0.113. The predicted molar refractivity (Wildman–Crippen MR) is 156 cm³/mol. The Balaban J connectivity index is 2.86. The number of hydrogen-bond donors (Lipinski definition) is 2. The molecular weight excluding hydrogens is 494 g/mol. The van der Waals surface area contributed by atoms with Gasteiger partial charge >= 0.3 is 12.2 Å². The summed E-state index contributed by atoms with van der Waals surface area (Å²) in [4.78, 5) is 40.2. The Bertz CT molecular complexity index is 846. The second kappa shape index (κ2) is 17.7. The van der Waals surface area contributed by atoms with Gasteiger partial charge in [0.05, 0.1) is 0 Å². The highest BCUT2D eigenvalue weighted by Gasteiger charge is 2.28. The highest BCUT2D eigenvalue weighted by molar-refractivity contribution is 5.85. The molecule has 0 saturated carbocycles. The van der Waals surface area contributed by atoms with Gasteiger partial charge in [-0.3, -0.25) is 4.79 Å². The molecule has 0 saturated heterocycles. The molecule has 1 rings (SSSR count).